The number of nitrogen functional groups attached to an aromatic ring is 1. The van der Waals surface area contributed by atoms with E-state index in [1.165, 1.54) is 38.6 Å². The normalized spacial score (nSPS) is 12.1. The zero-order valence-electron chi connectivity index (χ0n) is 15.9. The number of anilines is 1. The van der Waals surface area contributed by atoms with Crippen molar-refractivity contribution in [2.75, 3.05) is 5.73 Å². The zero-order chi connectivity index (χ0) is 19.8. The topological polar surface area (TPSA) is 69.6 Å². The minimum absolute atomic E-state index is 0.423. The standard InChI is InChI=1S/C25H15N5/c26-24-23-25(28-12-27-24)29-13-30(23)22-18-7-2-1-6-16(18)17-10-8-14-4-3-5-15-9-11-19(22)21(17)20(14)15/h1-13H,(H2,26,27,28). The molecule has 7 rings (SSSR count). The van der Waals surface area contributed by atoms with E-state index < -0.39 is 0 Å². The Balaban J connectivity index is 1.81. The smallest absolute Gasteiger partial charge is 0.183 e. The van der Waals surface area contributed by atoms with E-state index in [4.69, 9.17) is 5.73 Å². The number of nitrogens with two attached hydrogens (primary N) is 1. The Bertz CT molecular complexity index is 1750. The van der Waals surface area contributed by atoms with Crippen molar-refractivity contribution < 1.29 is 0 Å². The summed E-state index contributed by atoms with van der Waals surface area (Å²) in [5, 5.41) is 9.79. The van der Waals surface area contributed by atoms with Crippen LogP contribution in [0.4, 0.5) is 5.82 Å². The molecule has 0 atom stereocenters. The third kappa shape index (κ3) is 1.84. The lowest BCUT2D eigenvalue weighted by Crippen LogP contribution is -2.01. The highest BCUT2D eigenvalue weighted by Crippen LogP contribution is 2.43. The van der Waals surface area contributed by atoms with Gasteiger partial charge in [0.15, 0.2) is 11.5 Å². The molecule has 0 aliphatic carbocycles. The van der Waals surface area contributed by atoms with Gasteiger partial charge in [0.05, 0.1) is 5.69 Å². The summed E-state index contributed by atoms with van der Waals surface area (Å²) in [6.07, 6.45) is 3.26. The lowest BCUT2D eigenvalue weighted by molar-refractivity contribution is 1.11. The average molecular weight is 385 g/mol. The van der Waals surface area contributed by atoms with Crippen LogP contribution in [0, 0.1) is 0 Å². The van der Waals surface area contributed by atoms with Gasteiger partial charge in [0.2, 0.25) is 0 Å². The maximum atomic E-state index is 6.26. The van der Waals surface area contributed by atoms with Gasteiger partial charge in [0.1, 0.15) is 18.2 Å². The van der Waals surface area contributed by atoms with Crippen molar-refractivity contribution in [3.05, 3.63) is 79.4 Å². The Kier molecular flexibility index (Phi) is 2.83. The van der Waals surface area contributed by atoms with Crippen LogP contribution in [0.5, 0.6) is 0 Å². The summed E-state index contributed by atoms with van der Waals surface area (Å²) in [4.78, 5) is 13.0. The maximum Gasteiger partial charge on any atom is 0.183 e. The summed E-state index contributed by atoms with van der Waals surface area (Å²) in [6, 6.07) is 23.8. The van der Waals surface area contributed by atoms with Crippen molar-refractivity contribution in [2.24, 2.45) is 0 Å². The van der Waals surface area contributed by atoms with Gasteiger partial charge in [-0.15, -0.1) is 0 Å². The van der Waals surface area contributed by atoms with Gasteiger partial charge in [-0.25, -0.2) is 15.0 Å². The molecule has 0 saturated carbocycles. The molecule has 30 heavy (non-hydrogen) atoms. The van der Waals surface area contributed by atoms with Crippen LogP contribution < -0.4 is 5.73 Å². The van der Waals surface area contributed by atoms with E-state index in [2.05, 4.69) is 81.7 Å². The molecule has 0 aliphatic heterocycles. The predicted octanol–water partition coefficient (Wildman–Crippen LogP) is 5.45. The van der Waals surface area contributed by atoms with Gasteiger partial charge in [0.25, 0.3) is 0 Å². The molecule has 0 radical (unpaired) electrons. The Hall–Kier alpha value is -4.25. The molecule has 0 bridgehead atoms. The molecule has 5 heteroatoms. The summed E-state index contributed by atoms with van der Waals surface area (Å²) >= 11 is 0. The number of benzene rings is 5. The Labute approximate surface area is 170 Å². The van der Waals surface area contributed by atoms with E-state index in [1.807, 2.05) is 4.57 Å². The van der Waals surface area contributed by atoms with Crippen LogP contribution in [0.2, 0.25) is 0 Å². The van der Waals surface area contributed by atoms with Gasteiger partial charge >= 0.3 is 0 Å². The zero-order valence-corrected chi connectivity index (χ0v) is 15.9. The van der Waals surface area contributed by atoms with Gasteiger partial charge < -0.3 is 5.73 Å². The molecule has 7 aromatic rings. The number of aromatic nitrogens is 4. The second-order valence-electron chi connectivity index (χ2n) is 7.62. The van der Waals surface area contributed by atoms with Crippen molar-refractivity contribution in [2.45, 2.75) is 0 Å². The Morgan fingerprint density at radius 1 is 0.633 bits per heavy atom. The molecule has 0 aliphatic rings. The van der Waals surface area contributed by atoms with E-state index in [0.717, 1.165) is 22.0 Å². The Morgan fingerprint density at radius 2 is 1.40 bits per heavy atom. The largest absolute Gasteiger partial charge is 0.382 e. The number of fused-ring (bicyclic) bond motifs is 3. The molecule has 5 aromatic carbocycles. The summed E-state index contributed by atoms with van der Waals surface area (Å²) in [7, 11) is 0. The van der Waals surface area contributed by atoms with Gasteiger partial charge in [-0.2, -0.15) is 0 Å². The summed E-state index contributed by atoms with van der Waals surface area (Å²) < 4.78 is 2.04. The molecule has 5 nitrogen and oxygen atoms in total. The maximum absolute atomic E-state index is 6.26. The van der Waals surface area contributed by atoms with Crippen LogP contribution in [-0.2, 0) is 0 Å². The fourth-order valence-corrected chi connectivity index (χ4v) is 4.88. The summed E-state index contributed by atoms with van der Waals surface area (Å²) in [5.74, 6) is 0.423. The molecule has 0 fully saturated rings. The fourth-order valence-electron chi connectivity index (χ4n) is 4.88. The van der Waals surface area contributed by atoms with Crippen molar-refractivity contribution in [1.29, 1.82) is 0 Å². The molecule has 2 heterocycles. The van der Waals surface area contributed by atoms with Crippen LogP contribution >= 0.6 is 0 Å². The van der Waals surface area contributed by atoms with Crippen LogP contribution in [0.1, 0.15) is 0 Å². The minimum atomic E-state index is 0.423. The van der Waals surface area contributed by atoms with Gasteiger partial charge in [-0.05, 0) is 26.9 Å². The highest BCUT2D eigenvalue weighted by Gasteiger charge is 2.19. The number of rotatable bonds is 1. The molecule has 0 unspecified atom stereocenters. The van der Waals surface area contributed by atoms with Gasteiger partial charge in [-0.3, -0.25) is 4.57 Å². The first kappa shape index (κ1) is 15.6. The quantitative estimate of drug-likeness (QED) is 0.301. The number of hydrogen-bond donors (Lipinski definition) is 1. The van der Waals surface area contributed by atoms with E-state index in [0.29, 0.717) is 11.5 Å². The van der Waals surface area contributed by atoms with Crippen molar-refractivity contribution >= 4 is 60.1 Å². The average Bonchev–Trinajstić information content (AvgIpc) is 3.22. The third-order valence-electron chi connectivity index (χ3n) is 6.11. The number of nitrogens with zero attached hydrogens (tertiary/aromatic N) is 4. The lowest BCUT2D eigenvalue weighted by atomic mass is 9.89. The first-order valence-corrected chi connectivity index (χ1v) is 9.83. The highest BCUT2D eigenvalue weighted by atomic mass is 15.1. The van der Waals surface area contributed by atoms with Crippen molar-refractivity contribution in [1.82, 2.24) is 19.5 Å². The highest BCUT2D eigenvalue weighted by molar-refractivity contribution is 6.31. The molecule has 2 aromatic heterocycles. The molecule has 0 spiro atoms. The third-order valence-corrected chi connectivity index (χ3v) is 6.11. The van der Waals surface area contributed by atoms with Crippen LogP contribution in [0.25, 0.3) is 59.9 Å². The molecule has 140 valence electrons. The van der Waals surface area contributed by atoms with Crippen LogP contribution in [-0.4, -0.2) is 19.5 Å². The SMILES string of the molecule is Nc1ncnc2ncn(-c3c4ccccc4c4ccc5cccc6ccc3c4c65)c12. The molecular formula is C25H15N5. The van der Waals surface area contributed by atoms with E-state index in [9.17, 15) is 0 Å². The van der Waals surface area contributed by atoms with Crippen LogP contribution in [0.3, 0.4) is 0 Å². The summed E-state index contributed by atoms with van der Waals surface area (Å²) in [5.41, 5.74) is 8.64. The van der Waals surface area contributed by atoms with Gasteiger partial charge in [0, 0.05) is 16.2 Å². The Morgan fingerprint density at radius 3 is 2.23 bits per heavy atom. The predicted molar refractivity (Wildman–Crippen MR) is 122 cm³/mol. The van der Waals surface area contributed by atoms with Crippen LogP contribution in [0.15, 0.2) is 79.4 Å². The molecule has 2 N–H and O–H groups in total. The molecule has 0 saturated heterocycles. The second kappa shape index (κ2) is 5.42. The molecular weight excluding hydrogens is 370 g/mol. The van der Waals surface area contributed by atoms with Crippen molar-refractivity contribution in [3.8, 4) is 5.69 Å². The monoisotopic (exact) mass is 385 g/mol. The second-order valence-corrected chi connectivity index (χ2v) is 7.62. The van der Waals surface area contributed by atoms with E-state index in [-0.39, 0.29) is 0 Å². The summed E-state index contributed by atoms with van der Waals surface area (Å²) in [6.45, 7) is 0. The number of imidazole rings is 1. The fraction of sp³-hybridized carbons (Fsp3) is 0. The first-order chi connectivity index (χ1) is 14.8. The molecule has 0 amide bonds. The lowest BCUT2D eigenvalue weighted by Gasteiger charge is -2.18. The van der Waals surface area contributed by atoms with E-state index in [1.54, 1.807) is 6.33 Å². The minimum Gasteiger partial charge on any atom is -0.382 e. The number of hydrogen-bond acceptors (Lipinski definition) is 4. The first-order valence-electron chi connectivity index (χ1n) is 9.83. The van der Waals surface area contributed by atoms with Gasteiger partial charge in [-0.1, -0.05) is 66.7 Å². The van der Waals surface area contributed by atoms with E-state index >= 15 is 0 Å². The van der Waals surface area contributed by atoms with Crippen molar-refractivity contribution in [3.63, 3.8) is 0 Å².